The third kappa shape index (κ3) is 6.90. The minimum absolute atomic E-state index is 0.519. The molecule has 1 aliphatic rings. The highest BCUT2D eigenvalue weighted by Gasteiger charge is 2.46. The molecule has 2 nitrogen and oxygen atoms in total. The smallest absolute Gasteiger partial charge is 0.0713 e. The van der Waals surface area contributed by atoms with E-state index in [1.807, 2.05) is 0 Å². The van der Waals surface area contributed by atoms with E-state index < -0.39 is 5.41 Å². The Morgan fingerprint density at radius 2 is 0.642 bits per heavy atom. The van der Waals surface area contributed by atoms with Crippen LogP contribution in [0.25, 0.3) is 44.2 Å². The Kier molecular flexibility index (Phi) is 10.1. The Balaban J connectivity index is 1.07. The van der Waals surface area contributed by atoms with Crippen molar-refractivity contribution >= 4 is 44.9 Å². The lowest BCUT2D eigenvalue weighted by Crippen LogP contribution is -2.28. The van der Waals surface area contributed by atoms with Crippen LogP contribution in [0, 0.1) is 0 Å². The summed E-state index contributed by atoms with van der Waals surface area (Å²) in [5, 5.41) is 2.35. The standard InChI is InChI=1S/C65H46N2/c1-6-23-51(24-7-1)65(62-38-18-16-34-60(62)61-35-17-19-39-63(61)65)52-25-20-22-49(45-52)58-36-21-37-59(64(58)67(55-30-12-4-13-31-55)56-32-14-5-15-33-56)50-41-40-48-46-57(43-42-47(48)44-50)66(53-26-8-2-9-27-53)54-28-10-3-11-29-54/h1-46H. The number of benzene rings is 11. The maximum atomic E-state index is 2.45. The Labute approximate surface area is 393 Å². The summed E-state index contributed by atoms with van der Waals surface area (Å²) in [4.78, 5) is 4.76. The summed E-state index contributed by atoms with van der Waals surface area (Å²) in [5.41, 5.74) is 18.4. The molecule has 0 aliphatic heterocycles. The normalized spacial score (nSPS) is 12.3. The molecule has 0 N–H and O–H groups in total. The fourth-order valence-electron chi connectivity index (χ4n) is 10.6. The minimum Gasteiger partial charge on any atom is -0.310 e. The molecule has 0 saturated heterocycles. The van der Waals surface area contributed by atoms with Gasteiger partial charge in [0.1, 0.15) is 0 Å². The summed E-state index contributed by atoms with van der Waals surface area (Å²) in [5.74, 6) is 0. The number of nitrogens with zero attached hydrogens (tertiary/aromatic N) is 2. The van der Waals surface area contributed by atoms with Gasteiger partial charge >= 0.3 is 0 Å². The van der Waals surface area contributed by atoms with E-state index in [-0.39, 0.29) is 0 Å². The second-order valence-corrected chi connectivity index (χ2v) is 17.2. The van der Waals surface area contributed by atoms with Crippen molar-refractivity contribution in [2.75, 3.05) is 9.80 Å². The Morgan fingerprint density at radius 3 is 1.19 bits per heavy atom. The third-order valence-corrected chi connectivity index (χ3v) is 13.5. The molecule has 0 aromatic heterocycles. The molecule has 12 rings (SSSR count). The van der Waals surface area contributed by atoms with Crippen LogP contribution in [0.2, 0.25) is 0 Å². The van der Waals surface area contributed by atoms with Gasteiger partial charge in [0.15, 0.2) is 0 Å². The average Bonchev–Trinajstić information content (AvgIpc) is 3.71. The molecule has 0 spiro atoms. The first-order chi connectivity index (χ1) is 33.3. The molecular weight excluding hydrogens is 809 g/mol. The van der Waals surface area contributed by atoms with E-state index in [9.17, 15) is 0 Å². The van der Waals surface area contributed by atoms with Gasteiger partial charge in [-0.15, -0.1) is 0 Å². The number of rotatable bonds is 10. The van der Waals surface area contributed by atoms with Gasteiger partial charge in [-0.05, 0) is 128 Å². The highest BCUT2D eigenvalue weighted by atomic mass is 15.2. The van der Waals surface area contributed by atoms with Crippen LogP contribution >= 0.6 is 0 Å². The monoisotopic (exact) mass is 854 g/mol. The van der Waals surface area contributed by atoms with Gasteiger partial charge in [-0.3, -0.25) is 0 Å². The van der Waals surface area contributed by atoms with Gasteiger partial charge in [0.05, 0.1) is 11.1 Å². The summed E-state index contributed by atoms with van der Waals surface area (Å²) < 4.78 is 0. The predicted octanol–water partition coefficient (Wildman–Crippen LogP) is 17.5. The minimum atomic E-state index is -0.519. The van der Waals surface area contributed by atoms with Crippen LogP contribution in [-0.2, 0) is 5.41 Å². The van der Waals surface area contributed by atoms with Gasteiger partial charge in [0.25, 0.3) is 0 Å². The Hall–Kier alpha value is -8.72. The van der Waals surface area contributed by atoms with E-state index in [0.717, 1.165) is 56.4 Å². The van der Waals surface area contributed by atoms with Crippen LogP contribution in [0.1, 0.15) is 22.3 Å². The van der Waals surface area contributed by atoms with Crippen LogP contribution in [0.3, 0.4) is 0 Å². The van der Waals surface area contributed by atoms with Crippen LogP contribution in [-0.4, -0.2) is 0 Å². The van der Waals surface area contributed by atoms with Crippen molar-refractivity contribution in [3.05, 3.63) is 301 Å². The molecular formula is C65H46N2. The third-order valence-electron chi connectivity index (χ3n) is 13.5. The Bertz CT molecular complexity index is 3390. The van der Waals surface area contributed by atoms with Gasteiger partial charge in [0.2, 0.25) is 0 Å². The van der Waals surface area contributed by atoms with Crippen LogP contribution in [0.15, 0.2) is 279 Å². The molecule has 11 aromatic rings. The van der Waals surface area contributed by atoms with Crippen molar-refractivity contribution in [2.24, 2.45) is 0 Å². The van der Waals surface area contributed by atoms with Crippen molar-refractivity contribution in [3.63, 3.8) is 0 Å². The highest BCUT2D eigenvalue weighted by molar-refractivity contribution is 6.00. The van der Waals surface area contributed by atoms with Crippen molar-refractivity contribution in [3.8, 4) is 33.4 Å². The molecule has 0 amide bonds. The van der Waals surface area contributed by atoms with E-state index in [1.165, 1.54) is 44.2 Å². The summed E-state index contributed by atoms with van der Waals surface area (Å²) in [6.07, 6.45) is 0. The SMILES string of the molecule is c1ccc(N(c2ccccc2)c2ccc3cc(-c4cccc(-c5cccc(C6(c7ccccc7)c7ccccc7-c7ccccc76)c5)c4N(c4ccccc4)c4ccccc4)ccc3c2)cc1. The summed E-state index contributed by atoms with van der Waals surface area (Å²) in [7, 11) is 0. The fraction of sp³-hybridized carbons (Fsp3) is 0.0154. The van der Waals surface area contributed by atoms with Gasteiger partial charge in [-0.25, -0.2) is 0 Å². The van der Waals surface area contributed by atoms with Crippen LogP contribution in [0.5, 0.6) is 0 Å². The number of hydrogen-bond donors (Lipinski definition) is 0. The highest BCUT2D eigenvalue weighted by Crippen LogP contribution is 2.57. The van der Waals surface area contributed by atoms with E-state index >= 15 is 0 Å². The first-order valence-corrected chi connectivity index (χ1v) is 23.1. The van der Waals surface area contributed by atoms with E-state index in [4.69, 9.17) is 0 Å². The molecule has 67 heavy (non-hydrogen) atoms. The molecule has 11 aromatic carbocycles. The molecule has 0 saturated carbocycles. The number of fused-ring (bicyclic) bond motifs is 4. The van der Waals surface area contributed by atoms with Crippen molar-refractivity contribution < 1.29 is 0 Å². The fourth-order valence-corrected chi connectivity index (χ4v) is 10.6. The summed E-state index contributed by atoms with van der Waals surface area (Å²) in [6.45, 7) is 0. The lowest BCUT2D eigenvalue weighted by molar-refractivity contribution is 0.769. The lowest BCUT2D eigenvalue weighted by atomic mass is 9.67. The maximum Gasteiger partial charge on any atom is 0.0713 e. The molecule has 0 bridgehead atoms. The summed E-state index contributed by atoms with van der Waals surface area (Å²) >= 11 is 0. The van der Waals surface area contributed by atoms with Crippen molar-refractivity contribution in [1.82, 2.24) is 0 Å². The Morgan fingerprint density at radius 1 is 0.239 bits per heavy atom. The zero-order valence-corrected chi connectivity index (χ0v) is 37.0. The zero-order valence-electron chi connectivity index (χ0n) is 37.0. The quantitative estimate of drug-likeness (QED) is 0.135. The van der Waals surface area contributed by atoms with Gasteiger partial charge in [-0.2, -0.15) is 0 Å². The van der Waals surface area contributed by atoms with Gasteiger partial charge in [0, 0.05) is 39.6 Å². The maximum absolute atomic E-state index is 2.45. The second-order valence-electron chi connectivity index (χ2n) is 17.2. The molecule has 316 valence electrons. The summed E-state index contributed by atoms with van der Waals surface area (Å²) in [6, 6.07) is 102. The first-order valence-electron chi connectivity index (χ1n) is 23.1. The lowest BCUT2D eigenvalue weighted by Gasteiger charge is -2.34. The molecule has 0 fully saturated rings. The van der Waals surface area contributed by atoms with E-state index in [0.29, 0.717) is 0 Å². The molecule has 0 heterocycles. The van der Waals surface area contributed by atoms with Gasteiger partial charge < -0.3 is 9.80 Å². The van der Waals surface area contributed by atoms with Crippen LogP contribution < -0.4 is 9.80 Å². The molecule has 0 unspecified atom stereocenters. The van der Waals surface area contributed by atoms with E-state index in [1.54, 1.807) is 0 Å². The molecule has 1 aliphatic carbocycles. The number of anilines is 6. The largest absolute Gasteiger partial charge is 0.310 e. The predicted molar refractivity (Wildman–Crippen MR) is 281 cm³/mol. The topological polar surface area (TPSA) is 6.48 Å². The number of para-hydroxylation sites is 5. The number of hydrogen-bond acceptors (Lipinski definition) is 2. The van der Waals surface area contributed by atoms with Gasteiger partial charge in [-0.1, -0.05) is 206 Å². The van der Waals surface area contributed by atoms with Crippen LogP contribution in [0.4, 0.5) is 34.1 Å². The first kappa shape index (κ1) is 39.8. The second kappa shape index (κ2) is 17.0. The van der Waals surface area contributed by atoms with Crippen molar-refractivity contribution in [2.45, 2.75) is 5.41 Å². The molecule has 0 radical (unpaired) electrons. The van der Waals surface area contributed by atoms with Crippen molar-refractivity contribution in [1.29, 1.82) is 0 Å². The molecule has 0 atom stereocenters. The zero-order chi connectivity index (χ0) is 44.6. The molecule has 2 heteroatoms. The average molecular weight is 855 g/mol. The van der Waals surface area contributed by atoms with E-state index in [2.05, 4.69) is 289 Å².